The van der Waals surface area contributed by atoms with Crippen molar-refractivity contribution < 1.29 is 9.90 Å². The lowest BCUT2D eigenvalue weighted by Crippen LogP contribution is -2.46. The normalized spacial score (nSPS) is 23.4. The largest absolute Gasteiger partial charge is 0.391 e. The topological polar surface area (TPSA) is 53.4 Å². The van der Waals surface area contributed by atoms with Crippen molar-refractivity contribution in [3.05, 3.63) is 30.1 Å². The third-order valence-electron chi connectivity index (χ3n) is 3.51. The van der Waals surface area contributed by atoms with Gasteiger partial charge in [-0.3, -0.25) is 9.78 Å². The molecule has 1 N–H and O–H groups in total. The Hall–Kier alpha value is -1.07. The maximum absolute atomic E-state index is 12.0. The number of aliphatic hydroxyl groups is 1. The number of piperidine rings is 1. The van der Waals surface area contributed by atoms with Gasteiger partial charge in [-0.2, -0.15) is 0 Å². The fourth-order valence-corrected chi connectivity index (χ4v) is 2.99. The quantitative estimate of drug-likeness (QED) is 0.909. The number of β-amino-alcohol motifs (C(OH)–C–C–N with tert-alkyl or cyclic N) is 1. The van der Waals surface area contributed by atoms with Crippen molar-refractivity contribution in [3.63, 3.8) is 0 Å². The van der Waals surface area contributed by atoms with Crippen molar-refractivity contribution in [2.45, 2.75) is 25.2 Å². The van der Waals surface area contributed by atoms with Gasteiger partial charge < -0.3 is 10.0 Å². The average Bonchev–Trinajstić information content (AvgIpc) is 2.43. The summed E-state index contributed by atoms with van der Waals surface area (Å²) in [6.45, 7) is 3.29. The van der Waals surface area contributed by atoms with Gasteiger partial charge in [0.05, 0.1) is 11.9 Å². The van der Waals surface area contributed by atoms with Crippen molar-refractivity contribution in [1.29, 1.82) is 0 Å². The molecule has 104 valence electrons. The number of nitrogens with zero attached hydrogens (tertiary/aromatic N) is 2. The number of aliphatic hydroxyl groups excluding tert-OH is 1. The van der Waals surface area contributed by atoms with Crippen LogP contribution in [-0.2, 0) is 10.5 Å². The number of aromatic nitrogens is 1. The summed E-state index contributed by atoms with van der Waals surface area (Å²) in [6.07, 6.45) is 4.05. The third kappa shape index (κ3) is 4.21. The summed E-state index contributed by atoms with van der Waals surface area (Å²) in [7, 11) is 0. The molecule has 1 aromatic rings. The van der Waals surface area contributed by atoms with Gasteiger partial charge in [0, 0.05) is 31.2 Å². The first-order valence-corrected chi connectivity index (χ1v) is 7.75. The van der Waals surface area contributed by atoms with E-state index in [1.807, 2.05) is 19.1 Å². The van der Waals surface area contributed by atoms with Gasteiger partial charge in [-0.25, -0.2) is 0 Å². The number of hydrogen-bond acceptors (Lipinski definition) is 4. The highest BCUT2D eigenvalue weighted by Gasteiger charge is 2.26. The van der Waals surface area contributed by atoms with E-state index in [9.17, 15) is 9.90 Å². The summed E-state index contributed by atoms with van der Waals surface area (Å²) < 4.78 is 0. The van der Waals surface area contributed by atoms with E-state index in [1.54, 1.807) is 29.1 Å². The minimum Gasteiger partial charge on any atom is -0.391 e. The molecule has 0 radical (unpaired) electrons. The van der Waals surface area contributed by atoms with E-state index in [4.69, 9.17) is 0 Å². The second kappa shape index (κ2) is 6.91. The lowest BCUT2D eigenvalue weighted by Gasteiger charge is -2.34. The van der Waals surface area contributed by atoms with Crippen LogP contribution in [0.1, 0.15) is 18.9 Å². The van der Waals surface area contributed by atoms with Crippen LogP contribution in [0.25, 0.3) is 0 Å². The van der Waals surface area contributed by atoms with Gasteiger partial charge in [0.25, 0.3) is 0 Å². The summed E-state index contributed by atoms with van der Waals surface area (Å²) in [5.74, 6) is 1.73. The van der Waals surface area contributed by atoms with E-state index in [1.165, 1.54) is 5.56 Å². The molecule has 19 heavy (non-hydrogen) atoms. The predicted molar refractivity (Wildman–Crippen MR) is 76.8 cm³/mol. The van der Waals surface area contributed by atoms with Gasteiger partial charge in [-0.15, -0.1) is 11.8 Å². The van der Waals surface area contributed by atoms with E-state index < -0.39 is 0 Å². The maximum atomic E-state index is 12.0. The van der Waals surface area contributed by atoms with Crippen molar-refractivity contribution in [2.24, 2.45) is 5.92 Å². The Morgan fingerprint density at radius 2 is 2.26 bits per heavy atom. The van der Waals surface area contributed by atoms with Crippen LogP contribution in [-0.4, -0.2) is 45.8 Å². The first kappa shape index (κ1) is 14.3. The molecule has 1 saturated heterocycles. The van der Waals surface area contributed by atoms with Crippen LogP contribution < -0.4 is 0 Å². The first-order valence-electron chi connectivity index (χ1n) is 6.59. The summed E-state index contributed by atoms with van der Waals surface area (Å²) in [6, 6.07) is 3.92. The molecule has 5 heteroatoms. The molecule has 2 unspecified atom stereocenters. The van der Waals surface area contributed by atoms with Gasteiger partial charge in [0.1, 0.15) is 0 Å². The highest BCUT2D eigenvalue weighted by molar-refractivity contribution is 7.99. The van der Waals surface area contributed by atoms with Crippen LogP contribution in [0.15, 0.2) is 24.5 Å². The molecule has 4 nitrogen and oxygen atoms in total. The molecule has 1 aliphatic heterocycles. The second-order valence-electron chi connectivity index (χ2n) is 5.02. The summed E-state index contributed by atoms with van der Waals surface area (Å²) in [5.41, 5.74) is 1.18. The molecule has 1 aliphatic rings. The Morgan fingerprint density at radius 3 is 2.95 bits per heavy atom. The number of thioether (sulfide) groups is 1. The van der Waals surface area contributed by atoms with E-state index in [-0.39, 0.29) is 12.0 Å². The minimum atomic E-state index is -0.372. The molecule has 0 spiro atoms. The van der Waals surface area contributed by atoms with Crippen LogP contribution in [0.5, 0.6) is 0 Å². The Morgan fingerprint density at radius 1 is 1.53 bits per heavy atom. The zero-order valence-corrected chi connectivity index (χ0v) is 12.0. The molecule has 2 atom stereocenters. The fourth-order valence-electron chi connectivity index (χ4n) is 2.10. The molecule has 2 heterocycles. The monoisotopic (exact) mass is 280 g/mol. The van der Waals surface area contributed by atoms with Crippen LogP contribution >= 0.6 is 11.8 Å². The second-order valence-corrected chi connectivity index (χ2v) is 6.01. The van der Waals surface area contributed by atoms with Crippen LogP contribution in [0.4, 0.5) is 0 Å². The Balaban J connectivity index is 1.73. The summed E-state index contributed by atoms with van der Waals surface area (Å²) >= 11 is 1.61. The van der Waals surface area contributed by atoms with E-state index in [0.717, 1.165) is 18.7 Å². The molecule has 1 amide bonds. The Kier molecular flexibility index (Phi) is 5.22. The van der Waals surface area contributed by atoms with E-state index in [2.05, 4.69) is 4.98 Å². The molecule has 1 fully saturated rings. The van der Waals surface area contributed by atoms with Gasteiger partial charge in [0.15, 0.2) is 0 Å². The lowest BCUT2D eigenvalue weighted by atomic mass is 9.96. The molecule has 0 aromatic carbocycles. The molecule has 2 rings (SSSR count). The number of carbonyl (C=O) groups excluding carboxylic acids is 1. The minimum absolute atomic E-state index is 0.130. The highest BCUT2D eigenvalue weighted by Crippen LogP contribution is 2.18. The molecule has 0 aliphatic carbocycles. The molecule has 1 aromatic heterocycles. The Labute approximate surface area is 118 Å². The highest BCUT2D eigenvalue weighted by atomic mass is 32.2. The third-order valence-corrected chi connectivity index (χ3v) is 4.50. The van der Waals surface area contributed by atoms with Crippen LogP contribution in [0.3, 0.4) is 0 Å². The molecular formula is C14H20N2O2S. The van der Waals surface area contributed by atoms with E-state index in [0.29, 0.717) is 18.2 Å². The number of hydrogen-bond donors (Lipinski definition) is 1. The van der Waals surface area contributed by atoms with Gasteiger partial charge >= 0.3 is 0 Å². The van der Waals surface area contributed by atoms with Crippen molar-refractivity contribution in [3.8, 4) is 0 Å². The van der Waals surface area contributed by atoms with Crippen molar-refractivity contribution >= 4 is 17.7 Å². The maximum Gasteiger partial charge on any atom is 0.232 e. The number of pyridine rings is 1. The van der Waals surface area contributed by atoms with Crippen molar-refractivity contribution in [1.82, 2.24) is 9.88 Å². The van der Waals surface area contributed by atoms with Crippen LogP contribution in [0, 0.1) is 5.92 Å². The number of rotatable bonds is 4. The first-order chi connectivity index (χ1) is 9.16. The van der Waals surface area contributed by atoms with Gasteiger partial charge in [-0.05, 0) is 30.0 Å². The SMILES string of the molecule is CC1CCN(C(=O)CSCc2ccncc2)CC1O. The van der Waals surface area contributed by atoms with E-state index >= 15 is 0 Å². The van der Waals surface area contributed by atoms with Gasteiger partial charge in [0.2, 0.25) is 5.91 Å². The molecular weight excluding hydrogens is 260 g/mol. The smallest absolute Gasteiger partial charge is 0.232 e. The number of amides is 1. The molecule has 0 saturated carbocycles. The lowest BCUT2D eigenvalue weighted by molar-refractivity contribution is -0.132. The van der Waals surface area contributed by atoms with Crippen LogP contribution in [0.2, 0.25) is 0 Å². The average molecular weight is 280 g/mol. The Bertz CT molecular complexity index is 413. The summed E-state index contributed by atoms with van der Waals surface area (Å²) in [4.78, 5) is 17.8. The number of carbonyl (C=O) groups is 1. The fraction of sp³-hybridized carbons (Fsp3) is 0.571. The molecule has 0 bridgehead atoms. The van der Waals surface area contributed by atoms with Crippen molar-refractivity contribution in [2.75, 3.05) is 18.8 Å². The van der Waals surface area contributed by atoms with Gasteiger partial charge in [-0.1, -0.05) is 6.92 Å². The number of likely N-dealkylation sites (tertiary alicyclic amines) is 1. The standard InChI is InChI=1S/C14H20N2O2S/c1-11-4-7-16(8-13(11)17)14(18)10-19-9-12-2-5-15-6-3-12/h2-3,5-6,11,13,17H,4,7-10H2,1H3. The zero-order chi connectivity index (χ0) is 13.7. The predicted octanol–water partition coefficient (Wildman–Crippen LogP) is 1.54. The summed E-state index contributed by atoms with van der Waals surface area (Å²) in [5, 5.41) is 9.79. The zero-order valence-electron chi connectivity index (χ0n) is 11.2.